The highest BCUT2D eigenvalue weighted by Gasteiger charge is 2.32. The van der Waals surface area contributed by atoms with E-state index in [1.807, 2.05) is 0 Å². The van der Waals surface area contributed by atoms with Crippen LogP contribution in [0.25, 0.3) is 0 Å². The molecule has 3 amide bonds. The van der Waals surface area contributed by atoms with E-state index in [4.69, 9.17) is 0 Å². The van der Waals surface area contributed by atoms with Crippen LogP contribution in [-0.4, -0.2) is 60.7 Å². The van der Waals surface area contributed by atoms with Crippen LogP contribution < -0.4 is 5.32 Å². The quantitative estimate of drug-likeness (QED) is 0.562. The molecule has 0 bridgehead atoms. The molecule has 1 saturated heterocycles. The van der Waals surface area contributed by atoms with Gasteiger partial charge in [-0.25, -0.2) is 0 Å². The first-order chi connectivity index (χ1) is 6.93. The van der Waals surface area contributed by atoms with Gasteiger partial charge in [0.2, 0.25) is 17.7 Å². The topological polar surface area (TPSA) is 69.7 Å². The standard InChI is InChI=1S/C9H15N3O3/c1-6-9(15)12(7(13)4-10-6)5-8(14)11(2)3/h6,10H,4-5H2,1-3H3. The Labute approximate surface area is 88.2 Å². The Morgan fingerprint density at radius 1 is 1.53 bits per heavy atom. The number of nitrogens with one attached hydrogen (secondary N) is 1. The number of hydrogen-bond acceptors (Lipinski definition) is 4. The number of piperazine rings is 1. The van der Waals surface area contributed by atoms with Gasteiger partial charge >= 0.3 is 0 Å². The van der Waals surface area contributed by atoms with Gasteiger partial charge in [0.25, 0.3) is 0 Å². The zero-order chi connectivity index (χ0) is 11.6. The average Bonchev–Trinajstić information content (AvgIpc) is 2.18. The van der Waals surface area contributed by atoms with Crippen LogP contribution in [0, 0.1) is 0 Å². The molecule has 6 nitrogen and oxygen atoms in total. The van der Waals surface area contributed by atoms with Crippen LogP contribution >= 0.6 is 0 Å². The predicted molar refractivity (Wildman–Crippen MR) is 52.9 cm³/mol. The number of amides is 3. The number of hydrogen-bond donors (Lipinski definition) is 1. The van der Waals surface area contributed by atoms with Gasteiger partial charge in [-0.2, -0.15) is 0 Å². The van der Waals surface area contributed by atoms with E-state index >= 15 is 0 Å². The summed E-state index contributed by atoms with van der Waals surface area (Å²) in [4.78, 5) is 36.7. The smallest absolute Gasteiger partial charge is 0.246 e. The Kier molecular flexibility index (Phi) is 3.41. The van der Waals surface area contributed by atoms with Crippen molar-refractivity contribution >= 4 is 17.7 Å². The van der Waals surface area contributed by atoms with Crippen molar-refractivity contribution in [2.24, 2.45) is 0 Å². The van der Waals surface area contributed by atoms with Gasteiger partial charge in [0, 0.05) is 14.1 Å². The average molecular weight is 213 g/mol. The molecule has 15 heavy (non-hydrogen) atoms. The Morgan fingerprint density at radius 3 is 2.67 bits per heavy atom. The molecule has 0 aromatic heterocycles. The van der Waals surface area contributed by atoms with Gasteiger partial charge in [0.15, 0.2) is 0 Å². The molecule has 0 aromatic carbocycles. The van der Waals surface area contributed by atoms with Gasteiger partial charge in [-0.05, 0) is 6.92 Å². The fourth-order valence-corrected chi connectivity index (χ4v) is 1.22. The molecule has 1 heterocycles. The first kappa shape index (κ1) is 11.6. The molecule has 0 aromatic rings. The lowest BCUT2D eigenvalue weighted by Crippen LogP contribution is -2.58. The lowest BCUT2D eigenvalue weighted by atomic mass is 10.2. The van der Waals surface area contributed by atoms with Crippen LogP contribution in [0.4, 0.5) is 0 Å². The van der Waals surface area contributed by atoms with Crippen molar-refractivity contribution in [1.29, 1.82) is 0 Å². The summed E-state index contributed by atoms with van der Waals surface area (Å²) in [6, 6.07) is -0.405. The largest absolute Gasteiger partial charge is 0.347 e. The molecule has 0 aliphatic carbocycles. The van der Waals surface area contributed by atoms with Crippen LogP contribution in [0.1, 0.15) is 6.92 Å². The van der Waals surface area contributed by atoms with E-state index in [0.29, 0.717) is 0 Å². The van der Waals surface area contributed by atoms with Crippen LogP contribution in [0.2, 0.25) is 0 Å². The highest BCUT2D eigenvalue weighted by molar-refractivity contribution is 6.03. The number of likely N-dealkylation sites (N-methyl/N-ethyl adjacent to an activating group) is 1. The van der Waals surface area contributed by atoms with Crippen molar-refractivity contribution < 1.29 is 14.4 Å². The third-order valence-corrected chi connectivity index (χ3v) is 2.29. The normalized spacial score (nSPS) is 21.8. The van der Waals surface area contributed by atoms with Crippen LogP contribution in [0.15, 0.2) is 0 Å². The van der Waals surface area contributed by atoms with Gasteiger partial charge in [-0.1, -0.05) is 0 Å². The number of nitrogens with zero attached hydrogens (tertiary/aromatic N) is 2. The summed E-state index contributed by atoms with van der Waals surface area (Å²) in [7, 11) is 3.17. The fourth-order valence-electron chi connectivity index (χ4n) is 1.22. The molecule has 0 saturated carbocycles. The highest BCUT2D eigenvalue weighted by atomic mass is 16.2. The number of rotatable bonds is 2. The minimum Gasteiger partial charge on any atom is -0.347 e. The monoisotopic (exact) mass is 213 g/mol. The second-order valence-electron chi connectivity index (χ2n) is 3.71. The van der Waals surface area contributed by atoms with Gasteiger partial charge in [-0.15, -0.1) is 0 Å². The van der Waals surface area contributed by atoms with Gasteiger partial charge in [0.1, 0.15) is 6.54 Å². The number of carbonyl (C=O) groups excluding carboxylic acids is 3. The van der Waals surface area contributed by atoms with Crippen molar-refractivity contribution in [2.45, 2.75) is 13.0 Å². The Hall–Kier alpha value is -1.43. The highest BCUT2D eigenvalue weighted by Crippen LogP contribution is 2.02. The molecule has 1 N–H and O–H groups in total. The second-order valence-corrected chi connectivity index (χ2v) is 3.71. The SMILES string of the molecule is CC1NCC(=O)N(CC(=O)N(C)C)C1=O. The molecule has 1 rings (SSSR count). The molecule has 1 aliphatic rings. The fraction of sp³-hybridized carbons (Fsp3) is 0.667. The maximum Gasteiger partial charge on any atom is 0.246 e. The van der Waals surface area contributed by atoms with E-state index in [-0.39, 0.29) is 30.8 Å². The predicted octanol–water partition coefficient (Wildman–Crippen LogP) is -1.58. The minimum absolute atomic E-state index is 0.105. The molecule has 6 heteroatoms. The summed E-state index contributed by atoms with van der Waals surface area (Å²) in [5.74, 6) is -0.958. The minimum atomic E-state index is -0.405. The summed E-state index contributed by atoms with van der Waals surface area (Å²) in [6.07, 6.45) is 0. The first-order valence-corrected chi connectivity index (χ1v) is 4.71. The van der Waals surface area contributed by atoms with Crippen molar-refractivity contribution in [3.8, 4) is 0 Å². The molecular formula is C9H15N3O3. The number of carbonyl (C=O) groups is 3. The van der Waals surface area contributed by atoms with E-state index in [1.165, 1.54) is 4.90 Å². The maximum absolute atomic E-state index is 11.6. The summed E-state index contributed by atoms with van der Waals surface area (Å²) >= 11 is 0. The summed E-state index contributed by atoms with van der Waals surface area (Å²) in [6.45, 7) is 1.60. The van der Waals surface area contributed by atoms with Crippen molar-refractivity contribution in [2.75, 3.05) is 27.2 Å². The van der Waals surface area contributed by atoms with Crippen molar-refractivity contribution in [3.05, 3.63) is 0 Å². The van der Waals surface area contributed by atoms with Gasteiger partial charge in [0.05, 0.1) is 12.6 Å². The Bertz CT molecular complexity index is 301. The summed E-state index contributed by atoms with van der Waals surface area (Å²) < 4.78 is 0. The second kappa shape index (κ2) is 4.39. The molecule has 1 fully saturated rings. The molecule has 1 unspecified atom stereocenters. The zero-order valence-corrected chi connectivity index (χ0v) is 9.11. The zero-order valence-electron chi connectivity index (χ0n) is 9.11. The molecular weight excluding hydrogens is 198 g/mol. The van der Waals surface area contributed by atoms with Crippen LogP contribution in [0.5, 0.6) is 0 Å². The number of imide groups is 1. The molecule has 0 radical (unpaired) electrons. The Balaban J connectivity index is 2.69. The third-order valence-electron chi connectivity index (χ3n) is 2.29. The maximum atomic E-state index is 11.6. The van der Waals surface area contributed by atoms with Crippen LogP contribution in [-0.2, 0) is 14.4 Å². The molecule has 84 valence electrons. The van der Waals surface area contributed by atoms with E-state index in [9.17, 15) is 14.4 Å². The third kappa shape index (κ3) is 2.53. The van der Waals surface area contributed by atoms with E-state index in [2.05, 4.69) is 5.32 Å². The van der Waals surface area contributed by atoms with E-state index in [1.54, 1.807) is 21.0 Å². The van der Waals surface area contributed by atoms with Gasteiger partial charge in [-0.3, -0.25) is 24.6 Å². The first-order valence-electron chi connectivity index (χ1n) is 4.71. The van der Waals surface area contributed by atoms with Crippen molar-refractivity contribution in [3.63, 3.8) is 0 Å². The summed E-state index contributed by atoms with van der Waals surface area (Å²) in [5, 5.41) is 2.75. The molecule has 0 spiro atoms. The van der Waals surface area contributed by atoms with E-state index < -0.39 is 6.04 Å². The molecule has 1 atom stereocenters. The van der Waals surface area contributed by atoms with Crippen LogP contribution in [0.3, 0.4) is 0 Å². The lowest BCUT2D eigenvalue weighted by molar-refractivity contribution is -0.152. The lowest BCUT2D eigenvalue weighted by Gasteiger charge is -2.29. The molecule has 1 aliphatic heterocycles. The van der Waals surface area contributed by atoms with Gasteiger partial charge < -0.3 is 4.90 Å². The van der Waals surface area contributed by atoms with E-state index in [0.717, 1.165) is 4.90 Å². The summed E-state index contributed by atoms with van der Waals surface area (Å²) in [5.41, 5.74) is 0. The Morgan fingerprint density at radius 2 is 2.13 bits per heavy atom. The van der Waals surface area contributed by atoms with Crippen molar-refractivity contribution in [1.82, 2.24) is 15.1 Å².